The Bertz CT molecular complexity index is 1330. The minimum Gasteiger partial charge on any atom is -0.489 e. The fourth-order valence-electron chi connectivity index (χ4n) is 3.23. The average molecular weight is 489 g/mol. The summed E-state index contributed by atoms with van der Waals surface area (Å²) in [6, 6.07) is 16.3. The van der Waals surface area contributed by atoms with E-state index in [0.29, 0.717) is 33.5 Å². The van der Waals surface area contributed by atoms with Crippen molar-refractivity contribution in [3.05, 3.63) is 83.1 Å². The van der Waals surface area contributed by atoms with Crippen molar-refractivity contribution in [1.29, 1.82) is 0 Å². The van der Waals surface area contributed by atoms with E-state index in [0.717, 1.165) is 6.20 Å². The van der Waals surface area contributed by atoms with E-state index < -0.39 is 11.9 Å². The molecule has 176 valence electrons. The Morgan fingerprint density at radius 2 is 1.76 bits per heavy atom. The van der Waals surface area contributed by atoms with Crippen molar-refractivity contribution in [2.45, 2.75) is 26.1 Å². The third kappa shape index (κ3) is 5.26. The number of amides is 1. The molecule has 0 aliphatic rings. The van der Waals surface area contributed by atoms with Gasteiger partial charge in [-0.05, 0) is 68.4 Å². The lowest BCUT2D eigenvalue weighted by Crippen LogP contribution is -2.12. The number of anilines is 3. The molecular formula is C24H20ClF3N4O2. The number of fused-ring (bicyclic) bond motifs is 1. The van der Waals surface area contributed by atoms with Gasteiger partial charge in [-0.3, -0.25) is 9.20 Å². The van der Waals surface area contributed by atoms with Gasteiger partial charge in [0.15, 0.2) is 5.69 Å². The molecule has 2 N–H and O–H groups in total. The standard InChI is InChI=1S/C24H20ClF3N4O2/c1-14(2)34-19-11-6-15(12-18(19)25)23(33)30-17-9-7-16(8-10-17)29-21-4-3-5-22-31-20(13-32(21)22)24(26,27)28/h3-14,29H,1-2H3,(H,30,33). The topological polar surface area (TPSA) is 67.7 Å². The molecule has 10 heteroatoms. The van der Waals surface area contributed by atoms with Gasteiger partial charge in [-0.15, -0.1) is 0 Å². The molecule has 0 spiro atoms. The van der Waals surface area contributed by atoms with Gasteiger partial charge in [0.2, 0.25) is 0 Å². The number of imidazole rings is 1. The molecule has 2 heterocycles. The molecule has 34 heavy (non-hydrogen) atoms. The van der Waals surface area contributed by atoms with Gasteiger partial charge in [-0.2, -0.15) is 13.2 Å². The lowest BCUT2D eigenvalue weighted by molar-refractivity contribution is -0.140. The van der Waals surface area contributed by atoms with Crippen LogP contribution in [0.15, 0.2) is 66.9 Å². The van der Waals surface area contributed by atoms with Crippen LogP contribution >= 0.6 is 11.6 Å². The Labute approximate surface area is 198 Å². The Balaban J connectivity index is 1.46. The molecule has 0 saturated carbocycles. The molecule has 6 nitrogen and oxygen atoms in total. The van der Waals surface area contributed by atoms with E-state index in [2.05, 4.69) is 15.6 Å². The summed E-state index contributed by atoms with van der Waals surface area (Å²) in [5, 5.41) is 6.18. The van der Waals surface area contributed by atoms with Crippen molar-refractivity contribution in [2.24, 2.45) is 0 Å². The number of alkyl halides is 3. The van der Waals surface area contributed by atoms with Gasteiger partial charge in [0.05, 0.1) is 11.1 Å². The van der Waals surface area contributed by atoms with Crippen LogP contribution in [0.5, 0.6) is 5.75 Å². The first-order valence-corrected chi connectivity index (χ1v) is 10.7. The molecule has 0 aliphatic heterocycles. The van der Waals surface area contributed by atoms with Gasteiger partial charge in [-0.1, -0.05) is 17.7 Å². The summed E-state index contributed by atoms with van der Waals surface area (Å²) in [5.74, 6) is 0.566. The quantitative estimate of drug-likeness (QED) is 0.313. The van der Waals surface area contributed by atoms with Crippen molar-refractivity contribution in [1.82, 2.24) is 9.38 Å². The van der Waals surface area contributed by atoms with Crippen molar-refractivity contribution in [3.8, 4) is 5.75 Å². The second-order valence-corrected chi connectivity index (χ2v) is 8.14. The minimum absolute atomic E-state index is 0.0447. The van der Waals surface area contributed by atoms with Crippen molar-refractivity contribution in [3.63, 3.8) is 0 Å². The summed E-state index contributed by atoms with van der Waals surface area (Å²) in [6.07, 6.45) is -3.64. The van der Waals surface area contributed by atoms with E-state index in [1.807, 2.05) is 13.8 Å². The number of benzene rings is 2. The number of aromatic nitrogens is 2. The van der Waals surface area contributed by atoms with Crippen LogP contribution in [0, 0.1) is 0 Å². The lowest BCUT2D eigenvalue weighted by Gasteiger charge is -2.13. The first-order valence-electron chi connectivity index (χ1n) is 10.3. The van der Waals surface area contributed by atoms with E-state index in [1.54, 1.807) is 48.5 Å². The number of hydrogen-bond acceptors (Lipinski definition) is 4. The van der Waals surface area contributed by atoms with Crippen LogP contribution in [0.1, 0.15) is 29.9 Å². The minimum atomic E-state index is -4.53. The summed E-state index contributed by atoms with van der Waals surface area (Å²) < 4.78 is 45.9. The summed E-state index contributed by atoms with van der Waals surface area (Å²) in [5.41, 5.74) is 0.726. The van der Waals surface area contributed by atoms with E-state index in [9.17, 15) is 18.0 Å². The number of pyridine rings is 1. The second-order valence-electron chi connectivity index (χ2n) is 7.73. The molecule has 4 aromatic rings. The monoisotopic (exact) mass is 488 g/mol. The van der Waals surface area contributed by atoms with Crippen LogP contribution < -0.4 is 15.4 Å². The van der Waals surface area contributed by atoms with E-state index in [1.165, 1.54) is 16.5 Å². The molecule has 0 atom stereocenters. The summed E-state index contributed by atoms with van der Waals surface area (Å²) >= 11 is 6.20. The fraction of sp³-hybridized carbons (Fsp3) is 0.167. The summed E-state index contributed by atoms with van der Waals surface area (Å²) in [6.45, 7) is 3.76. The van der Waals surface area contributed by atoms with Crippen LogP contribution in [0.4, 0.5) is 30.4 Å². The van der Waals surface area contributed by atoms with Crippen LogP contribution in [0.2, 0.25) is 5.02 Å². The van der Waals surface area contributed by atoms with Crippen LogP contribution in [-0.2, 0) is 6.18 Å². The molecule has 2 aromatic carbocycles. The number of carbonyl (C=O) groups is 1. The van der Waals surface area contributed by atoms with Crippen LogP contribution in [-0.4, -0.2) is 21.4 Å². The first kappa shape index (κ1) is 23.4. The van der Waals surface area contributed by atoms with E-state index >= 15 is 0 Å². The highest BCUT2D eigenvalue weighted by Crippen LogP contribution is 2.30. The fourth-order valence-corrected chi connectivity index (χ4v) is 3.45. The van der Waals surface area contributed by atoms with Crippen molar-refractivity contribution >= 4 is 40.3 Å². The maximum Gasteiger partial charge on any atom is 0.434 e. The smallest absolute Gasteiger partial charge is 0.434 e. The number of carbonyl (C=O) groups excluding carboxylic acids is 1. The van der Waals surface area contributed by atoms with Crippen LogP contribution in [0.3, 0.4) is 0 Å². The van der Waals surface area contributed by atoms with Gasteiger partial charge < -0.3 is 15.4 Å². The Morgan fingerprint density at radius 3 is 2.41 bits per heavy atom. The summed E-state index contributed by atoms with van der Waals surface area (Å²) in [7, 11) is 0. The number of halogens is 4. The van der Waals surface area contributed by atoms with Gasteiger partial charge in [0.25, 0.3) is 5.91 Å². The molecule has 2 aromatic heterocycles. The predicted octanol–water partition coefficient (Wildman–Crippen LogP) is 6.79. The zero-order chi connectivity index (χ0) is 24.5. The highest BCUT2D eigenvalue weighted by Gasteiger charge is 2.34. The molecule has 1 amide bonds. The molecule has 0 saturated heterocycles. The molecule has 0 aliphatic carbocycles. The highest BCUT2D eigenvalue weighted by atomic mass is 35.5. The highest BCUT2D eigenvalue weighted by molar-refractivity contribution is 6.32. The average Bonchev–Trinajstić information content (AvgIpc) is 3.22. The van der Waals surface area contributed by atoms with Crippen LogP contribution in [0.25, 0.3) is 5.65 Å². The number of hydrogen-bond donors (Lipinski definition) is 2. The molecular weight excluding hydrogens is 469 g/mol. The maximum atomic E-state index is 13.0. The van der Waals surface area contributed by atoms with Gasteiger partial charge in [0.1, 0.15) is 17.2 Å². The zero-order valence-corrected chi connectivity index (χ0v) is 18.9. The predicted molar refractivity (Wildman–Crippen MR) is 125 cm³/mol. The Kier molecular flexibility index (Phi) is 6.39. The largest absolute Gasteiger partial charge is 0.489 e. The molecule has 4 rings (SSSR count). The maximum absolute atomic E-state index is 13.0. The number of nitrogens with zero attached hydrogens (tertiary/aromatic N) is 2. The second kappa shape index (κ2) is 9.26. The molecule has 0 radical (unpaired) electrons. The first-order chi connectivity index (χ1) is 16.1. The van der Waals surface area contributed by atoms with Crippen molar-refractivity contribution in [2.75, 3.05) is 10.6 Å². The molecule has 0 bridgehead atoms. The van der Waals surface area contributed by atoms with Gasteiger partial charge in [-0.25, -0.2) is 4.98 Å². The Hall–Kier alpha value is -3.72. The number of rotatable bonds is 6. The molecule has 0 fully saturated rings. The van der Waals surface area contributed by atoms with Gasteiger partial charge >= 0.3 is 6.18 Å². The molecule has 0 unspecified atom stereocenters. The van der Waals surface area contributed by atoms with E-state index in [-0.39, 0.29) is 17.7 Å². The van der Waals surface area contributed by atoms with Crippen molar-refractivity contribution < 1.29 is 22.7 Å². The third-order valence-corrected chi connectivity index (χ3v) is 5.05. The normalized spacial score (nSPS) is 11.6. The van der Waals surface area contributed by atoms with E-state index in [4.69, 9.17) is 16.3 Å². The number of nitrogens with one attached hydrogen (secondary N) is 2. The Morgan fingerprint density at radius 1 is 1.06 bits per heavy atom. The summed E-state index contributed by atoms with van der Waals surface area (Å²) in [4.78, 5) is 16.2. The number of ether oxygens (including phenoxy) is 1. The lowest BCUT2D eigenvalue weighted by atomic mass is 10.2. The third-order valence-electron chi connectivity index (χ3n) is 4.75. The zero-order valence-electron chi connectivity index (χ0n) is 18.2. The van der Waals surface area contributed by atoms with Gasteiger partial charge in [0, 0.05) is 23.1 Å². The SMILES string of the molecule is CC(C)Oc1ccc(C(=O)Nc2ccc(Nc3cccc4nc(C(F)(F)F)cn34)cc2)cc1Cl.